The Hall–Kier alpha value is -1.57. The number of carbonyl (C=O) groups excluding carboxylic acids is 2. The van der Waals surface area contributed by atoms with Gasteiger partial charge in [0.05, 0.1) is 5.75 Å². The molecule has 0 saturated carbocycles. The Kier molecular flexibility index (Phi) is 10.1. The lowest BCUT2D eigenvalue weighted by atomic mass is 10.2. The van der Waals surface area contributed by atoms with E-state index in [9.17, 15) is 9.59 Å². The van der Waals surface area contributed by atoms with Gasteiger partial charge in [-0.15, -0.1) is 0 Å². The van der Waals surface area contributed by atoms with E-state index in [1.54, 1.807) is 24.3 Å². The van der Waals surface area contributed by atoms with E-state index in [2.05, 4.69) is 29.4 Å². The van der Waals surface area contributed by atoms with Crippen molar-refractivity contribution in [3.8, 4) is 0 Å². The molecule has 0 radical (unpaired) electrons. The van der Waals surface area contributed by atoms with Crippen molar-refractivity contribution in [2.45, 2.75) is 13.8 Å². The summed E-state index contributed by atoms with van der Waals surface area (Å²) >= 11 is 1.50. The van der Waals surface area contributed by atoms with Crippen LogP contribution in [0, 0.1) is 0 Å². The molecule has 24 heavy (non-hydrogen) atoms. The molecule has 7 heteroatoms. The smallest absolute Gasteiger partial charge is 0.251 e. The molecule has 0 aliphatic heterocycles. The van der Waals surface area contributed by atoms with Gasteiger partial charge in [-0.1, -0.05) is 13.8 Å². The maximum atomic E-state index is 12.1. The first-order valence-corrected chi connectivity index (χ1v) is 9.44. The van der Waals surface area contributed by atoms with Crippen molar-refractivity contribution < 1.29 is 9.59 Å². The number of hydrogen-bond acceptors (Lipinski definition) is 5. The highest BCUT2D eigenvalue weighted by Gasteiger charge is 2.07. The highest BCUT2D eigenvalue weighted by molar-refractivity contribution is 7.99. The number of carbonyl (C=O) groups is 2. The van der Waals surface area contributed by atoms with Crippen LogP contribution in [0.4, 0.5) is 5.69 Å². The fourth-order valence-electron chi connectivity index (χ4n) is 2.12. The second-order valence-electron chi connectivity index (χ2n) is 5.25. The van der Waals surface area contributed by atoms with E-state index in [0.29, 0.717) is 30.1 Å². The van der Waals surface area contributed by atoms with Gasteiger partial charge in [0, 0.05) is 36.6 Å². The predicted molar refractivity (Wildman–Crippen MR) is 102 cm³/mol. The standard InChI is InChI=1S/C17H28N4O2S/c1-3-21(4-2)11-10-19-17(23)14-5-7-15(8-6-14)20-16(22)13-24-12-9-18/h5-8H,3-4,9-13,18H2,1-2H3,(H,19,23)(H,20,22). The molecular formula is C17H28N4O2S. The monoisotopic (exact) mass is 352 g/mol. The number of anilines is 1. The van der Waals surface area contributed by atoms with Gasteiger partial charge in [-0.25, -0.2) is 0 Å². The first-order valence-electron chi connectivity index (χ1n) is 8.29. The Labute approximate surface area is 148 Å². The molecule has 1 aromatic carbocycles. The van der Waals surface area contributed by atoms with Crippen molar-refractivity contribution >= 4 is 29.3 Å². The topological polar surface area (TPSA) is 87.5 Å². The third-order valence-electron chi connectivity index (χ3n) is 3.53. The van der Waals surface area contributed by atoms with Gasteiger partial charge in [-0.2, -0.15) is 11.8 Å². The van der Waals surface area contributed by atoms with Gasteiger partial charge in [0.2, 0.25) is 5.91 Å². The Balaban J connectivity index is 2.40. The molecule has 0 fully saturated rings. The first-order chi connectivity index (χ1) is 11.6. The summed E-state index contributed by atoms with van der Waals surface area (Å²) in [7, 11) is 0. The van der Waals surface area contributed by atoms with Crippen molar-refractivity contribution in [2.75, 3.05) is 49.5 Å². The quantitative estimate of drug-likeness (QED) is 0.524. The minimum atomic E-state index is -0.0986. The minimum Gasteiger partial charge on any atom is -0.351 e. The molecule has 0 unspecified atom stereocenters. The van der Waals surface area contributed by atoms with Crippen LogP contribution in [0.25, 0.3) is 0 Å². The second kappa shape index (κ2) is 11.9. The average Bonchev–Trinajstić information content (AvgIpc) is 2.59. The lowest BCUT2D eigenvalue weighted by Gasteiger charge is -2.17. The van der Waals surface area contributed by atoms with Crippen LogP contribution in [0.15, 0.2) is 24.3 Å². The number of nitrogens with zero attached hydrogens (tertiary/aromatic N) is 1. The van der Waals surface area contributed by atoms with Gasteiger partial charge in [0.15, 0.2) is 0 Å². The number of benzene rings is 1. The molecule has 1 rings (SSSR count). The van der Waals surface area contributed by atoms with Gasteiger partial charge in [-0.3, -0.25) is 9.59 Å². The Morgan fingerprint density at radius 1 is 1.17 bits per heavy atom. The zero-order chi connectivity index (χ0) is 17.8. The molecule has 1 aromatic rings. The fraction of sp³-hybridized carbons (Fsp3) is 0.529. The van der Waals surface area contributed by atoms with Crippen LogP contribution in [-0.4, -0.2) is 60.9 Å². The largest absolute Gasteiger partial charge is 0.351 e. The molecular weight excluding hydrogens is 324 g/mol. The van der Waals surface area contributed by atoms with Crippen LogP contribution >= 0.6 is 11.8 Å². The molecule has 0 atom stereocenters. The summed E-state index contributed by atoms with van der Waals surface area (Å²) in [6.07, 6.45) is 0. The molecule has 2 amide bonds. The summed E-state index contributed by atoms with van der Waals surface area (Å²) in [5, 5.41) is 5.71. The molecule has 0 spiro atoms. The molecule has 0 heterocycles. The van der Waals surface area contributed by atoms with Crippen LogP contribution in [0.1, 0.15) is 24.2 Å². The Morgan fingerprint density at radius 3 is 2.42 bits per heavy atom. The summed E-state index contributed by atoms with van der Waals surface area (Å²) in [4.78, 5) is 26.0. The number of nitrogens with two attached hydrogens (primary N) is 1. The van der Waals surface area contributed by atoms with Crippen LogP contribution in [0.2, 0.25) is 0 Å². The van der Waals surface area contributed by atoms with E-state index >= 15 is 0 Å². The van der Waals surface area contributed by atoms with Crippen LogP contribution in [0.5, 0.6) is 0 Å². The van der Waals surface area contributed by atoms with E-state index in [1.807, 2.05) is 0 Å². The van der Waals surface area contributed by atoms with Crippen molar-refractivity contribution in [3.05, 3.63) is 29.8 Å². The van der Waals surface area contributed by atoms with Crippen molar-refractivity contribution in [1.82, 2.24) is 10.2 Å². The van der Waals surface area contributed by atoms with Gasteiger partial charge >= 0.3 is 0 Å². The molecule has 0 bridgehead atoms. The summed E-state index contributed by atoms with van der Waals surface area (Å²) in [5.74, 6) is 0.980. The maximum Gasteiger partial charge on any atom is 0.251 e. The summed E-state index contributed by atoms with van der Waals surface area (Å²) in [5.41, 5.74) is 6.66. The number of rotatable bonds is 11. The lowest BCUT2D eigenvalue weighted by molar-refractivity contribution is -0.113. The average molecular weight is 353 g/mol. The van der Waals surface area contributed by atoms with Crippen LogP contribution in [-0.2, 0) is 4.79 Å². The molecule has 6 nitrogen and oxygen atoms in total. The van der Waals surface area contributed by atoms with Crippen molar-refractivity contribution in [2.24, 2.45) is 5.73 Å². The first kappa shape index (κ1) is 20.5. The van der Waals surface area contributed by atoms with Gasteiger partial charge < -0.3 is 21.3 Å². The number of nitrogens with one attached hydrogen (secondary N) is 2. The van der Waals surface area contributed by atoms with Crippen LogP contribution < -0.4 is 16.4 Å². The van der Waals surface area contributed by atoms with E-state index in [0.717, 1.165) is 25.4 Å². The van der Waals surface area contributed by atoms with Crippen molar-refractivity contribution in [1.29, 1.82) is 0 Å². The van der Waals surface area contributed by atoms with Crippen molar-refractivity contribution in [3.63, 3.8) is 0 Å². The maximum absolute atomic E-state index is 12.1. The second-order valence-corrected chi connectivity index (χ2v) is 6.35. The van der Waals surface area contributed by atoms with E-state index in [-0.39, 0.29) is 11.8 Å². The molecule has 0 aromatic heterocycles. The number of thioether (sulfide) groups is 1. The molecule has 4 N–H and O–H groups in total. The van der Waals surface area contributed by atoms with Gasteiger partial charge in [0.25, 0.3) is 5.91 Å². The molecule has 0 saturated heterocycles. The van der Waals surface area contributed by atoms with Crippen LogP contribution in [0.3, 0.4) is 0 Å². The number of amides is 2. The highest BCUT2D eigenvalue weighted by Crippen LogP contribution is 2.10. The summed E-state index contributed by atoms with van der Waals surface area (Å²) in [6, 6.07) is 6.92. The third-order valence-corrected chi connectivity index (χ3v) is 4.52. The van der Waals surface area contributed by atoms with E-state index in [4.69, 9.17) is 5.73 Å². The summed E-state index contributed by atoms with van der Waals surface area (Å²) < 4.78 is 0. The molecule has 0 aliphatic rings. The lowest BCUT2D eigenvalue weighted by Crippen LogP contribution is -2.34. The molecule has 134 valence electrons. The minimum absolute atomic E-state index is 0.0649. The third kappa shape index (κ3) is 7.81. The SMILES string of the molecule is CCN(CC)CCNC(=O)c1ccc(NC(=O)CSCCN)cc1. The Morgan fingerprint density at radius 2 is 1.83 bits per heavy atom. The summed E-state index contributed by atoms with van der Waals surface area (Å²) in [6.45, 7) is 8.19. The highest BCUT2D eigenvalue weighted by atomic mass is 32.2. The van der Waals surface area contributed by atoms with E-state index in [1.165, 1.54) is 11.8 Å². The molecule has 0 aliphatic carbocycles. The van der Waals surface area contributed by atoms with E-state index < -0.39 is 0 Å². The zero-order valence-corrected chi connectivity index (χ0v) is 15.3. The number of hydrogen-bond donors (Lipinski definition) is 3. The Bertz CT molecular complexity index is 504. The van der Waals surface area contributed by atoms with Gasteiger partial charge in [-0.05, 0) is 37.4 Å². The number of likely N-dealkylation sites (N-methyl/N-ethyl adjacent to an activating group) is 1. The zero-order valence-electron chi connectivity index (χ0n) is 14.5. The van der Waals surface area contributed by atoms with Gasteiger partial charge in [0.1, 0.15) is 0 Å². The fourth-order valence-corrected chi connectivity index (χ4v) is 2.69. The normalized spacial score (nSPS) is 10.7. The predicted octanol–water partition coefficient (Wildman–Crippen LogP) is 1.39.